The lowest BCUT2D eigenvalue weighted by molar-refractivity contribution is 0.0948. The Morgan fingerprint density at radius 3 is 2.81 bits per heavy atom. The maximum atomic E-state index is 12.6. The summed E-state index contributed by atoms with van der Waals surface area (Å²) in [5.41, 5.74) is 2.82. The van der Waals surface area contributed by atoms with Crippen LogP contribution in [0.1, 0.15) is 10.4 Å². The molecule has 0 bridgehead atoms. The van der Waals surface area contributed by atoms with E-state index in [9.17, 15) is 4.79 Å². The summed E-state index contributed by atoms with van der Waals surface area (Å²) in [5.74, 6) is -0.200. The maximum absolute atomic E-state index is 12.6. The van der Waals surface area contributed by atoms with Crippen molar-refractivity contribution < 1.29 is 4.79 Å². The Morgan fingerprint density at radius 2 is 1.86 bits per heavy atom. The van der Waals surface area contributed by atoms with Crippen LogP contribution in [0.2, 0.25) is 0 Å². The van der Waals surface area contributed by atoms with E-state index in [2.05, 4.69) is 15.3 Å². The van der Waals surface area contributed by atoms with Crippen LogP contribution >= 0.6 is 0 Å². The van der Waals surface area contributed by atoms with Crippen molar-refractivity contribution in [1.82, 2.24) is 20.0 Å². The number of hydrogen-bond donors (Lipinski definition) is 0. The van der Waals surface area contributed by atoms with Gasteiger partial charge in [-0.25, -0.2) is 0 Å². The van der Waals surface area contributed by atoms with E-state index in [1.807, 2.05) is 48.5 Å². The van der Waals surface area contributed by atoms with Gasteiger partial charge < -0.3 is 0 Å². The van der Waals surface area contributed by atoms with Gasteiger partial charge in [-0.3, -0.25) is 9.78 Å². The van der Waals surface area contributed by atoms with Crippen LogP contribution in [0.4, 0.5) is 0 Å². The van der Waals surface area contributed by atoms with E-state index in [-0.39, 0.29) is 5.91 Å². The predicted octanol–water partition coefficient (Wildman–Crippen LogP) is 2.67. The third-order valence-electron chi connectivity index (χ3n) is 3.39. The van der Waals surface area contributed by atoms with Gasteiger partial charge >= 0.3 is 0 Å². The highest BCUT2D eigenvalue weighted by atomic mass is 16.2. The minimum Gasteiger partial charge on any atom is -0.267 e. The zero-order valence-corrected chi connectivity index (χ0v) is 11.0. The van der Waals surface area contributed by atoms with Gasteiger partial charge in [0.2, 0.25) is 0 Å². The summed E-state index contributed by atoms with van der Waals surface area (Å²) in [6.07, 6.45) is 1.73. The van der Waals surface area contributed by atoms with Crippen LogP contribution in [0.15, 0.2) is 60.8 Å². The molecule has 2 aromatic heterocycles. The lowest BCUT2D eigenvalue weighted by atomic mass is 10.1. The van der Waals surface area contributed by atoms with Gasteiger partial charge in [0.15, 0.2) is 0 Å². The van der Waals surface area contributed by atoms with Gasteiger partial charge in [0, 0.05) is 17.1 Å². The van der Waals surface area contributed by atoms with E-state index < -0.39 is 0 Å². The standard InChI is InChI=1S/C16H10N4O/c21-16(20-15-6-2-1-5-14(15)18-19-20)12-7-8-13-11(10-12)4-3-9-17-13/h1-10H. The van der Waals surface area contributed by atoms with Gasteiger partial charge in [-0.1, -0.05) is 23.4 Å². The van der Waals surface area contributed by atoms with Crippen LogP contribution in [0.25, 0.3) is 21.9 Å². The Kier molecular flexibility index (Phi) is 2.50. The van der Waals surface area contributed by atoms with Crippen molar-refractivity contribution in [3.8, 4) is 0 Å². The van der Waals surface area contributed by atoms with Gasteiger partial charge in [0.05, 0.1) is 11.0 Å². The summed E-state index contributed by atoms with van der Waals surface area (Å²) in [7, 11) is 0. The Balaban J connectivity index is 1.86. The van der Waals surface area contributed by atoms with Crippen molar-refractivity contribution >= 4 is 27.8 Å². The molecule has 4 aromatic rings. The molecule has 2 heterocycles. The molecule has 0 amide bonds. The van der Waals surface area contributed by atoms with Gasteiger partial charge in [-0.05, 0) is 36.4 Å². The van der Waals surface area contributed by atoms with Crippen LogP contribution in [-0.2, 0) is 0 Å². The quantitative estimate of drug-likeness (QED) is 0.535. The third-order valence-corrected chi connectivity index (χ3v) is 3.39. The molecule has 4 rings (SSSR count). The van der Waals surface area contributed by atoms with Crippen LogP contribution in [0.5, 0.6) is 0 Å². The largest absolute Gasteiger partial charge is 0.280 e. The zero-order chi connectivity index (χ0) is 14.2. The Bertz CT molecular complexity index is 974. The number of pyridine rings is 1. The van der Waals surface area contributed by atoms with Crippen LogP contribution in [0.3, 0.4) is 0 Å². The summed E-state index contributed by atoms with van der Waals surface area (Å²) in [6, 6.07) is 16.6. The van der Waals surface area contributed by atoms with Crippen LogP contribution in [-0.4, -0.2) is 25.9 Å². The van der Waals surface area contributed by atoms with E-state index in [1.54, 1.807) is 12.3 Å². The Hall–Kier alpha value is -3.08. The highest BCUT2D eigenvalue weighted by molar-refractivity contribution is 6.02. The molecule has 0 atom stereocenters. The second kappa shape index (κ2) is 4.49. The SMILES string of the molecule is O=C(c1ccc2ncccc2c1)n1nnc2ccccc21. The van der Waals surface area contributed by atoms with Crippen LogP contribution < -0.4 is 0 Å². The minimum atomic E-state index is -0.200. The molecule has 21 heavy (non-hydrogen) atoms. The van der Waals surface area contributed by atoms with E-state index >= 15 is 0 Å². The second-order valence-electron chi connectivity index (χ2n) is 4.71. The fourth-order valence-electron chi connectivity index (χ4n) is 2.35. The second-order valence-corrected chi connectivity index (χ2v) is 4.71. The molecule has 0 radical (unpaired) electrons. The number of aromatic nitrogens is 4. The molecule has 0 unspecified atom stereocenters. The molecule has 100 valence electrons. The first-order valence-corrected chi connectivity index (χ1v) is 6.53. The van der Waals surface area contributed by atoms with Crippen molar-refractivity contribution in [3.05, 3.63) is 66.4 Å². The molecule has 0 spiro atoms. The first kappa shape index (κ1) is 11.7. The summed E-state index contributed by atoms with van der Waals surface area (Å²) >= 11 is 0. The molecule has 0 aliphatic heterocycles. The minimum absolute atomic E-state index is 0.200. The molecule has 0 N–H and O–H groups in total. The first-order chi connectivity index (χ1) is 10.3. The third kappa shape index (κ3) is 1.87. The lowest BCUT2D eigenvalue weighted by Crippen LogP contribution is -2.13. The molecule has 5 heteroatoms. The molecule has 0 fully saturated rings. The summed E-state index contributed by atoms with van der Waals surface area (Å²) in [4.78, 5) is 16.9. The molecular weight excluding hydrogens is 264 g/mol. The fourth-order valence-corrected chi connectivity index (χ4v) is 2.35. The van der Waals surface area contributed by atoms with E-state index in [4.69, 9.17) is 0 Å². The van der Waals surface area contributed by atoms with E-state index in [0.717, 1.165) is 10.9 Å². The van der Waals surface area contributed by atoms with E-state index in [0.29, 0.717) is 16.6 Å². The molecule has 0 saturated carbocycles. The number of nitrogens with zero attached hydrogens (tertiary/aromatic N) is 4. The molecule has 2 aromatic carbocycles. The summed E-state index contributed by atoms with van der Waals surface area (Å²) < 4.78 is 1.33. The van der Waals surface area contributed by atoms with Gasteiger partial charge in [-0.2, -0.15) is 4.68 Å². The maximum Gasteiger partial charge on any atom is 0.280 e. The van der Waals surface area contributed by atoms with Crippen molar-refractivity contribution in [2.75, 3.05) is 0 Å². The molecule has 0 aliphatic carbocycles. The molecular formula is C16H10N4O. The number of hydrogen-bond acceptors (Lipinski definition) is 4. The number of rotatable bonds is 1. The number of carbonyl (C=O) groups excluding carboxylic acids is 1. The normalized spacial score (nSPS) is 11.0. The summed E-state index contributed by atoms with van der Waals surface area (Å²) in [5, 5.41) is 8.88. The monoisotopic (exact) mass is 274 g/mol. The number of benzene rings is 2. The highest BCUT2D eigenvalue weighted by Crippen LogP contribution is 2.16. The van der Waals surface area contributed by atoms with Gasteiger partial charge in [-0.15, -0.1) is 5.10 Å². The molecule has 0 saturated heterocycles. The van der Waals surface area contributed by atoms with Crippen molar-refractivity contribution in [1.29, 1.82) is 0 Å². The average Bonchev–Trinajstić information content (AvgIpc) is 2.98. The van der Waals surface area contributed by atoms with E-state index in [1.165, 1.54) is 4.68 Å². The molecule has 5 nitrogen and oxygen atoms in total. The smallest absolute Gasteiger partial charge is 0.267 e. The first-order valence-electron chi connectivity index (χ1n) is 6.53. The number of fused-ring (bicyclic) bond motifs is 2. The van der Waals surface area contributed by atoms with Crippen LogP contribution in [0, 0.1) is 0 Å². The topological polar surface area (TPSA) is 60.7 Å². The van der Waals surface area contributed by atoms with Gasteiger partial charge in [0.25, 0.3) is 5.91 Å². The van der Waals surface area contributed by atoms with Crippen molar-refractivity contribution in [2.24, 2.45) is 0 Å². The lowest BCUT2D eigenvalue weighted by Gasteiger charge is -2.03. The van der Waals surface area contributed by atoms with Gasteiger partial charge in [0.1, 0.15) is 5.52 Å². The average molecular weight is 274 g/mol. The fraction of sp³-hybridized carbons (Fsp3) is 0. The Morgan fingerprint density at radius 1 is 0.952 bits per heavy atom. The summed E-state index contributed by atoms with van der Waals surface area (Å²) in [6.45, 7) is 0. The predicted molar refractivity (Wildman–Crippen MR) is 79.0 cm³/mol. The highest BCUT2D eigenvalue weighted by Gasteiger charge is 2.14. The van der Waals surface area contributed by atoms with Crippen molar-refractivity contribution in [2.45, 2.75) is 0 Å². The molecule has 0 aliphatic rings. The zero-order valence-electron chi connectivity index (χ0n) is 11.0. The number of carbonyl (C=O) groups is 1. The number of para-hydroxylation sites is 1. The Labute approximate surface area is 119 Å². The van der Waals surface area contributed by atoms with Crippen molar-refractivity contribution in [3.63, 3.8) is 0 Å².